The van der Waals surface area contributed by atoms with Gasteiger partial charge in [0, 0.05) is 12.5 Å². The van der Waals surface area contributed by atoms with Crippen LogP contribution in [0.4, 0.5) is 0 Å². The number of fused-ring (bicyclic) bond motifs is 2. The zero-order chi connectivity index (χ0) is 21.9. The van der Waals surface area contributed by atoms with E-state index in [2.05, 4.69) is 25.2 Å². The molecule has 2 heterocycles. The first-order valence-electron chi connectivity index (χ1n) is 10.9. The molecule has 0 bridgehead atoms. The number of hydrogen-bond acceptors (Lipinski definition) is 5. The highest BCUT2D eigenvalue weighted by molar-refractivity contribution is 6.43. The van der Waals surface area contributed by atoms with Gasteiger partial charge in [0.25, 0.3) is 0 Å². The van der Waals surface area contributed by atoms with Crippen LogP contribution >= 0.6 is 11.6 Å². The van der Waals surface area contributed by atoms with E-state index in [1.807, 2.05) is 6.92 Å². The molecule has 7 heteroatoms. The first-order chi connectivity index (χ1) is 14.3. The number of aliphatic hydroxyl groups excluding tert-OH is 1. The predicted octanol–water partition coefficient (Wildman–Crippen LogP) is 3.53. The highest BCUT2D eigenvalue weighted by Gasteiger charge is 2.65. The van der Waals surface area contributed by atoms with E-state index in [0.717, 1.165) is 12.0 Å². The molecule has 1 spiro atoms. The Kier molecular flexibility index (Phi) is 7.56. The van der Waals surface area contributed by atoms with Crippen molar-refractivity contribution in [3.8, 4) is 0 Å². The Morgan fingerprint density at radius 2 is 2.17 bits per heavy atom. The second kappa shape index (κ2) is 9.77. The molecule has 6 nitrogen and oxygen atoms in total. The van der Waals surface area contributed by atoms with E-state index < -0.39 is 30.1 Å². The van der Waals surface area contributed by atoms with Gasteiger partial charge < -0.3 is 19.9 Å². The zero-order valence-corrected chi connectivity index (χ0v) is 18.7. The molecule has 1 amide bonds. The van der Waals surface area contributed by atoms with Gasteiger partial charge in [-0.15, -0.1) is 0 Å². The number of hydrogen-bond donors (Lipinski definition) is 2. The highest BCUT2D eigenvalue weighted by atomic mass is 35.5. The van der Waals surface area contributed by atoms with E-state index in [4.69, 9.17) is 21.1 Å². The lowest BCUT2D eigenvalue weighted by atomic mass is 9.86. The molecule has 0 aromatic rings. The lowest BCUT2D eigenvalue weighted by Crippen LogP contribution is -2.41. The van der Waals surface area contributed by atoms with Crippen molar-refractivity contribution in [3.05, 3.63) is 34.9 Å². The molecular formula is C23H32ClNO5. The van der Waals surface area contributed by atoms with Crippen LogP contribution in [-0.4, -0.2) is 46.9 Å². The molecule has 2 N–H and O–H groups in total. The Bertz CT molecular complexity index is 761. The quantitative estimate of drug-likeness (QED) is 0.249. The van der Waals surface area contributed by atoms with Crippen LogP contribution in [0.15, 0.2) is 34.9 Å². The molecule has 0 aromatic carbocycles. The largest absolute Gasteiger partial charge is 0.366 e. The summed E-state index contributed by atoms with van der Waals surface area (Å²) in [4.78, 5) is 24.2. The smallest absolute Gasteiger partial charge is 0.244 e. The van der Waals surface area contributed by atoms with Crippen LogP contribution in [0.25, 0.3) is 0 Å². The number of allylic oxidation sites excluding steroid dienone is 3. The molecule has 30 heavy (non-hydrogen) atoms. The Hall–Kier alpha value is -1.47. The molecule has 2 aliphatic heterocycles. The number of ketones is 1. The van der Waals surface area contributed by atoms with Crippen molar-refractivity contribution < 1.29 is 24.2 Å². The highest BCUT2D eigenvalue weighted by Crippen LogP contribution is 2.49. The Balaban J connectivity index is 1.50. The van der Waals surface area contributed by atoms with Crippen molar-refractivity contribution >= 4 is 23.3 Å². The Labute approximate surface area is 183 Å². The number of carbonyl (C=O) groups excluding carboxylic acids is 2. The normalized spacial score (nSPS) is 34.2. The third kappa shape index (κ3) is 5.41. The molecule has 2 fully saturated rings. The average Bonchev–Trinajstić information content (AvgIpc) is 3.44. The number of unbranched alkanes of at least 4 members (excludes halogenated alkanes) is 3. The van der Waals surface area contributed by atoms with E-state index >= 15 is 0 Å². The maximum absolute atomic E-state index is 12.3. The van der Waals surface area contributed by atoms with Crippen LogP contribution in [0.5, 0.6) is 0 Å². The summed E-state index contributed by atoms with van der Waals surface area (Å²) in [5, 5.41) is 13.1. The van der Waals surface area contributed by atoms with E-state index in [9.17, 15) is 14.7 Å². The van der Waals surface area contributed by atoms with Crippen molar-refractivity contribution in [1.82, 2.24) is 5.32 Å². The Morgan fingerprint density at radius 3 is 2.90 bits per heavy atom. The van der Waals surface area contributed by atoms with Gasteiger partial charge in [-0.25, -0.2) is 0 Å². The molecule has 166 valence electrons. The van der Waals surface area contributed by atoms with Gasteiger partial charge >= 0.3 is 0 Å². The molecule has 0 unspecified atom stereocenters. The first kappa shape index (κ1) is 23.2. The van der Waals surface area contributed by atoms with Gasteiger partial charge in [0.05, 0.1) is 11.1 Å². The summed E-state index contributed by atoms with van der Waals surface area (Å²) in [5.41, 5.74) is 0.0577. The maximum Gasteiger partial charge on any atom is 0.244 e. The number of ether oxygens (including phenoxy) is 2. The molecule has 2 saturated heterocycles. The van der Waals surface area contributed by atoms with Crippen LogP contribution < -0.4 is 5.32 Å². The standard InChI is InChI=1S/C23H32ClNO5/c1-4-5-6-7-8-14(2)11-15(3)9-10-18(26)25-17-13-23(30-22(17)28)12-16(24)19(27)20-21(23)29-20/h9-12,14,17,20-22,28H,4-8,13H2,1-3H3,(H,25,26)/b10-9+,15-11+/t14-,17-,20+,21+,22-,23-/m1/s1. The van der Waals surface area contributed by atoms with Gasteiger partial charge in [0.1, 0.15) is 11.7 Å². The number of amides is 1. The number of Topliss-reactive ketones (excluding diaryl/α,β-unsaturated/α-hetero) is 1. The van der Waals surface area contributed by atoms with Gasteiger partial charge in [-0.1, -0.05) is 68.9 Å². The number of epoxide rings is 1. The molecular weight excluding hydrogens is 406 g/mol. The van der Waals surface area contributed by atoms with Gasteiger partial charge in [-0.3, -0.25) is 9.59 Å². The van der Waals surface area contributed by atoms with Crippen molar-refractivity contribution in [2.24, 2.45) is 5.92 Å². The summed E-state index contributed by atoms with van der Waals surface area (Å²) < 4.78 is 11.1. The minimum atomic E-state index is -1.19. The van der Waals surface area contributed by atoms with Crippen molar-refractivity contribution in [2.75, 3.05) is 0 Å². The SMILES string of the molecule is CCCCCC[C@@H](C)/C=C(C)/C=C/C(=O)N[C@@H]1C[C@@]2(C=C(Cl)C(=O)[C@@H]3O[C@@H]32)O[C@H]1O. The molecule has 1 aliphatic carbocycles. The lowest BCUT2D eigenvalue weighted by molar-refractivity contribution is -0.137. The zero-order valence-electron chi connectivity index (χ0n) is 17.9. The van der Waals surface area contributed by atoms with Gasteiger partial charge in [-0.2, -0.15) is 0 Å². The molecule has 6 atom stereocenters. The van der Waals surface area contributed by atoms with Gasteiger partial charge in [0.2, 0.25) is 11.7 Å². The summed E-state index contributed by atoms with van der Waals surface area (Å²) >= 11 is 6.00. The van der Waals surface area contributed by atoms with Crippen molar-refractivity contribution in [1.29, 1.82) is 0 Å². The number of carbonyl (C=O) groups is 2. The maximum atomic E-state index is 12.3. The van der Waals surface area contributed by atoms with Crippen molar-refractivity contribution in [2.45, 2.75) is 89.4 Å². The summed E-state index contributed by atoms with van der Waals surface area (Å²) in [6.45, 7) is 6.37. The fourth-order valence-electron chi connectivity index (χ4n) is 4.30. The summed E-state index contributed by atoms with van der Waals surface area (Å²) in [7, 11) is 0. The predicted molar refractivity (Wildman–Crippen MR) is 115 cm³/mol. The summed E-state index contributed by atoms with van der Waals surface area (Å²) in [6, 6.07) is -0.609. The van der Waals surface area contributed by atoms with E-state index in [0.29, 0.717) is 12.3 Å². The van der Waals surface area contributed by atoms with Crippen LogP contribution in [0, 0.1) is 5.92 Å². The second-order valence-electron chi connectivity index (χ2n) is 8.69. The molecule has 0 aromatic heterocycles. The fourth-order valence-corrected chi connectivity index (χ4v) is 4.60. The summed E-state index contributed by atoms with van der Waals surface area (Å²) in [5.74, 6) is -0.0996. The van der Waals surface area contributed by atoms with E-state index in [-0.39, 0.29) is 16.7 Å². The van der Waals surface area contributed by atoms with Crippen LogP contribution in [0.3, 0.4) is 0 Å². The number of aliphatic hydroxyl groups is 1. The topological polar surface area (TPSA) is 88.2 Å². The van der Waals surface area contributed by atoms with Gasteiger partial charge in [-0.05, 0) is 25.3 Å². The molecule has 0 radical (unpaired) electrons. The number of nitrogens with one attached hydrogen (secondary N) is 1. The number of rotatable bonds is 9. The van der Waals surface area contributed by atoms with Crippen LogP contribution in [0.2, 0.25) is 0 Å². The summed E-state index contributed by atoms with van der Waals surface area (Å²) in [6.07, 6.45) is 11.1. The molecule has 3 aliphatic rings. The average molecular weight is 438 g/mol. The third-order valence-corrected chi connectivity index (χ3v) is 6.24. The molecule has 0 saturated carbocycles. The fraction of sp³-hybridized carbons (Fsp3) is 0.652. The second-order valence-corrected chi connectivity index (χ2v) is 9.09. The van der Waals surface area contributed by atoms with Gasteiger partial charge in [0.15, 0.2) is 12.4 Å². The monoisotopic (exact) mass is 437 g/mol. The number of halogens is 1. The first-order valence-corrected chi connectivity index (χ1v) is 11.2. The molecule has 3 rings (SSSR count). The lowest BCUT2D eigenvalue weighted by Gasteiger charge is -2.25. The minimum absolute atomic E-state index is 0.0531. The van der Waals surface area contributed by atoms with E-state index in [1.54, 1.807) is 6.08 Å². The third-order valence-electron chi connectivity index (χ3n) is 5.95. The van der Waals surface area contributed by atoms with Crippen LogP contribution in [-0.2, 0) is 19.1 Å². The van der Waals surface area contributed by atoms with E-state index in [1.165, 1.54) is 37.8 Å². The minimum Gasteiger partial charge on any atom is -0.366 e. The van der Waals surface area contributed by atoms with Crippen molar-refractivity contribution in [3.63, 3.8) is 0 Å². The Morgan fingerprint density at radius 1 is 1.40 bits per heavy atom. The van der Waals surface area contributed by atoms with Crippen LogP contribution in [0.1, 0.15) is 59.3 Å².